The molecule has 0 aromatic heterocycles. The van der Waals surface area contributed by atoms with Gasteiger partial charge in [0, 0.05) is 6.04 Å². The summed E-state index contributed by atoms with van der Waals surface area (Å²) in [6.07, 6.45) is 4.46. The lowest BCUT2D eigenvalue weighted by atomic mass is 10.1. The zero-order valence-corrected chi connectivity index (χ0v) is 12.0. The molecule has 0 fully saturated rings. The maximum Gasteiger partial charge on any atom is 0.227 e. The summed E-state index contributed by atoms with van der Waals surface area (Å²) in [5, 5.41) is 2.95. The van der Waals surface area contributed by atoms with Crippen LogP contribution in [0.2, 0.25) is 0 Å². The van der Waals surface area contributed by atoms with E-state index in [1.54, 1.807) is 0 Å². The van der Waals surface area contributed by atoms with E-state index in [2.05, 4.69) is 5.32 Å². The Balaban J connectivity index is 1.75. The van der Waals surface area contributed by atoms with Gasteiger partial charge < -0.3 is 15.8 Å². The van der Waals surface area contributed by atoms with Gasteiger partial charge in [0.05, 0.1) is 12.0 Å². The van der Waals surface area contributed by atoms with Crippen LogP contribution in [0.15, 0.2) is 36.4 Å². The van der Waals surface area contributed by atoms with Gasteiger partial charge >= 0.3 is 0 Å². The van der Waals surface area contributed by atoms with E-state index in [-0.39, 0.29) is 23.9 Å². The standard InChI is InChI=1S/C16H22N2O2/c1-11-3-7-15(8-4-11)20-10-12(2)18-16(19)13-5-6-14(17)9-13/h3-8,12-14H,9-10,17H2,1-2H3,(H,18,19). The van der Waals surface area contributed by atoms with Gasteiger partial charge in [-0.1, -0.05) is 29.8 Å². The number of hydrogen-bond acceptors (Lipinski definition) is 3. The molecule has 3 atom stereocenters. The van der Waals surface area contributed by atoms with Crippen LogP contribution in [0.3, 0.4) is 0 Å². The van der Waals surface area contributed by atoms with Gasteiger partial charge in [0.25, 0.3) is 0 Å². The predicted octanol–water partition coefficient (Wildman–Crippen LogP) is 1.78. The van der Waals surface area contributed by atoms with Crippen LogP contribution < -0.4 is 15.8 Å². The highest BCUT2D eigenvalue weighted by atomic mass is 16.5. The Morgan fingerprint density at radius 2 is 2.10 bits per heavy atom. The van der Waals surface area contributed by atoms with E-state index in [4.69, 9.17) is 10.5 Å². The number of carbonyl (C=O) groups is 1. The van der Waals surface area contributed by atoms with Crippen LogP contribution in [0.4, 0.5) is 0 Å². The normalized spacial score (nSPS) is 22.6. The molecule has 1 aromatic rings. The van der Waals surface area contributed by atoms with Gasteiger partial charge in [-0.2, -0.15) is 0 Å². The molecular formula is C16H22N2O2. The second-order valence-corrected chi connectivity index (χ2v) is 5.42. The molecule has 1 aliphatic carbocycles. The number of ether oxygens (including phenoxy) is 1. The maximum absolute atomic E-state index is 12.0. The lowest BCUT2D eigenvalue weighted by molar-refractivity contribution is -0.124. The molecule has 0 saturated heterocycles. The molecule has 0 radical (unpaired) electrons. The van der Waals surface area contributed by atoms with E-state index < -0.39 is 0 Å². The van der Waals surface area contributed by atoms with E-state index in [1.165, 1.54) is 5.56 Å². The van der Waals surface area contributed by atoms with Crippen molar-refractivity contribution < 1.29 is 9.53 Å². The summed E-state index contributed by atoms with van der Waals surface area (Å²) in [4.78, 5) is 12.0. The van der Waals surface area contributed by atoms with Crippen LogP contribution in [0, 0.1) is 12.8 Å². The number of amides is 1. The molecule has 20 heavy (non-hydrogen) atoms. The number of carbonyl (C=O) groups excluding carboxylic acids is 1. The quantitative estimate of drug-likeness (QED) is 0.804. The Hall–Kier alpha value is -1.81. The third-order valence-corrected chi connectivity index (χ3v) is 3.36. The molecule has 4 heteroatoms. The van der Waals surface area contributed by atoms with Crippen LogP contribution in [0.1, 0.15) is 18.9 Å². The van der Waals surface area contributed by atoms with Crippen molar-refractivity contribution in [1.29, 1.82) is 0 Å². The average molecular weight is 274 g/mol. The fraction of sp³-hybridized carbons (Fsp3) is 0.438. The molecular weight excluding hydrogens is 252 g/mol. The second kappa shape index (κ2) is 6.57. The van der Waals surface area contributed by atoms with Gasteiger partial charge in [0.1, 0.15) is 12.4 Å². The monoisotopic (exact) mass is 274 g/mol. The summed E-state index contributed by atoms with van der Waals surface area (Å²) in [7, 11) is 0. The summed E-state index contributed by atoms with van der Waals surface area (Å²) < 4.78 is 5.65. The molecule has 4 nitrogen and oxygen atoms in total. The lowest BCUT2D eigenvalue weighted by Gasteiger charge is -2.17. The minimum absolute atomic E-state index is 0.00450. The molecule has 3 N–H and O–H groups in total. The Morgan fingerprint density at radius 1 is 1.40 bits per heavy atom. The summed E-state index contributed by atoms with van der Waals surface area (Å²) in [6, 6.07) is 7.84. The molecule has 108 valence electrons. The molecule has 0 bridgehead atoms. The second-order valence-electron chi connectivity index (χ2n) is 5.42. The molecule has 1 amide bonds. The van der Waals surface area contributed by atoms with Crippen molar-refractivity contribution in [3.63, 3.8) is 0 Å². The van der Waals surface area contributed by atoms with Crippen LogP contribution in [0.5, 0.6) is 5.75 Å². The molecule has 2 rings (SSSR count). The topological polar surface area (TPSA) is 64.3 Å². The number of nitrogens with one attached hydrogen (secondary N) is 1. The Bertz CT molecular complexity index is 482. The zero-order chi connectivity index (χ0) is 14.5. The van der Waals surface area contributed by atoms with Crippen LogP contribution in [-0.2, 0) is 4.79 Å². The maximum atomic E-state index is 12.0. The van der Waals surface area contributed by atoms with Gasteiger partial charge in [-0.25, -0.2) is 0 Å². The lowest BCUT2D eigenvalue weighted by Crippen LogP contribution is -2.40. The van der Waals surface area contributed by atoms with E-state index in [0.29, 0.717) is 13.0 Å². The van der Waals surface area contributed by atoms with Crippen molar-refractivity contribution in [3.8, 4) is 5.75 Å². The van der Waals surface area contributed by atoms with E-state index >= 15 is 0 Å². The fourth-order valence-electron chi connectivity index (χ4n) is 2.17. The van der Waals surface area contributed by atoms with Gasteiger partial charge in [0.15, 0.2) is 0 Å². The molecule has 1 aromatic carbocycles. The smallest absolute Gasteiger partial charge is 0.227 e. The first-order valence-corrected chi connectivity index (χ1v) is 6.98. The van der Waals surface area contributed by atoms with Crippen LogP contribution >= 0.6 is 0 Å². The first kappa shape index (κ1) is 14.6. The van der Waals surface area contributed by atoms with Crippen molar-refractivity contribution >= 4 is 5.91 Å². The number of benzene rings is 1. The van der Waals surface area contributed by atoms with Crippen molar-refractivity contribution in [2.75, 3.05) is 6.61 Å². The van der Waals surface area contributed by atoms with Crippen molar-refractivity contribution in [2.24, 2.45) is 11.7 Å². The summed E-state index contributed by atoms with van der Waals surface area (Å²) >= 11 is 0. The number of hydrogen-bond donors (Lipinski definition) is 2. The van der Waals surface area contributed by atoms with Crippen molar-refractivity contribution in [1.82, 2.24) is 5.32 Å². The number of aryl methyl sites for hydroxylation is 1. The van der Waals surface area contributed by atoms with Gasteiger partial charge in [0.2, 0.25) is 5.91 Å². The summed E-state index contributed by atoms with van der Waals surface area (Å²) in [5.41, 5.74) is 6.95. The molecule has 3 unspecified atom stereocenters. The Morgan fingerprint density at radius 3 is 2.70 bits per heavy atom. The highest BCUT2D eigenvalue weighted by Gasteiger charge is 2.23. The molecule has 0 saturated carbocycles. The summed E-state index contributed by atoms with van der Waals surface area (Å²) in [5.74, 6) is 0.737. The van der Waals surface area contributed by atoms with Gasteiger partial charge in [-0.15, -0.1) is 0 Å². The minimum atomic E-state index is -0.105. The third kappa shape index (κ3) is 4.10. The average Bonchev–Trinajstić information content (AvgIpc) is 2.85. The van der Waals surface area contributed by atoms with Crippen LogP contribution in [0.25, 0.3) is 0 Å². The van der Waals surface area contributed by atoms with Gasteiger partial charge in [-0.05, 0) is 32.4 Å². The largest absolute Gasteiger partial charge is 0.491 e. The van der Waals surface area contributed by atoms with Crippen LogP contribution in [-0.4, -0.2) is 24.6 Å². The summed E-state index contributed by atoms with van der Waals surface area (Å²) in [6.45, 7) is 4.43. The predicted molar refractivity (Wildman–Crippen MR) is 79.5 cm³/mol. The molecule has 0 spiro atoms. The molecule has 0 heterocycles. The highest BCUT2D eigenvalue weighted by molar-refractivity contribution is 5.81. The van der Waals surface area contributed by atoms with E-state index in [1.807, 2.05) is 50.3 Å². The minimum Gasteiger partial charge on any atom is -0.491 e. The number of nitrogens with two attached hydrogens (primary N) is 1. The SMILES string of the molecule is Cc1ccc(OCC(C)NC(=O)C2C=CC(N)C2)cc1. The first-order valence-electron chi connectivity index (χ1n) is 6.98. The number of rotatable bonds is 5. The van der Waals surface area contributed by atoms with Crippen molar-refractivity contribution in [2.45, 2.75) is 32.4 Å². The Kier molecular flexibility index (Phi) is 4.79. The van der Waals surface area contributed by atoms with E-state index in [0.717, 1.165) is 5.75 Å². The third-order valence-electron chi connectivity index (χ3n) is 3.36. The van der Waals surface area contributed by atoms with E-state index in [9.17, 15) is 4.79 Å². The first-order chi connectivity index (χ1) is 9.54. The van der Waals surface area contributed by atoms with Crippen molar-refractivity contribution in [3.05, 3.63) is 42.0 Å². The fourth-order valence-corrected chi connectivity index (χ4v) is 2.17. The molecule has 1 aliphatic rings. The molecule has 0 aliphatic heterocycles. The van der Waals surface area contributed by atoms with Gasteiger partial charge in [-0.3, -0.25) is 4.79 Å². The highest BCUT2D eigenvalue weighted by Crippen LogP contribution is 2.16. The Labute approximate surface area is 120 Å². The zero-order valence-electron chi connectivity index (χ0n) is 12.0.